The molecule has 34 heavy (non-hydrogen) atoms. The van der Waals surface area contributed by atoms with Crippen LogP contribution in [0.3, 0.4) is 0 Å². The van der Waals surface area contributed by atoms with Gasteiger partial charge in [-0.3, -0.25) is 14.4 Å². The summed E-state index contributed by atoms with van der Waals surface area (Å²) in [5.74, 6) is -0.948. The quantitative estimate of drug-likeness (QED) is 0.653. The van der Waals surface area contributed by atoms with Gasteiger partial charge in [-0.15, -0.1) is 0 Å². The van der Waals surface area contributed by atoms with Gasteiger partial charge in [-0.1, -0.05) is 37.5 Å². The summed E-state index contributed by atoms with van der Waals surface area (Å²) >= 11 is 0. The third kappa shape index (κ3) is 6.01. The topological polar surface area (TPSA) is 78.5 Å². The Hall–Kier alpha value is -3.22. The van der Waals surface area contributed by atoms with E-state index in [-0.39, 0.29) is 23.3 Å². The van der Waals surface area contributed by atoms with Crippen LogP contribution in [0.2, 0.25) is 0 Å². The molecule has 4 rings (SSSR count). The fourth-order valence-corrected chi connectivity index (χ4v) is 4.91. The predicted molar refractivity (Wildman–Crippen MR) is 129 cm³/mol. The molecule has 1 atom stereocenters. The first kappa shape index (κ1) is 23.9. The highest BCUT2D eigenvalue weighted by molar-refractivity contribution is 6.05. The first-order chi connectivity index (χ1) is 16.5. The van der Waals surface area contributed by atoms with Gasteiger partial charge in [0, 0.05) is 30.9 Å². The standard InChI is InChI=1S/C27H32FN3O3/c28-24-14-5-4-13-23(24)26(33)30-22-12-6-10-20(16-22)27(34)31-15-7-11-21(18-31)25(32)29-17-19-8-2-1-3-9-19/h4-6,10,12-14,16,19,21H,1-3,7-9,11,15,17-18H2,(H,29,32)(H,30,33)/t21-/m1/s1. The van der Waals surface area contributed by atoms with Crippen molar-refractivity contribution in [1.82, 2.24) is 10.2 Å². The lowest BCUT2D eigenvalue weighted by Crippen LogP contribution is -2.46. The van der Waals surface area contributed by atoms with Crippen molar-refractivity contribution >= 4 is 23.4 Å². The molecule has 0 unspecified atom stereocenters. The van der Waals surface area contributed by atoms with Gasteiger partial charge in [0.1, 0.15) is 5.82 Å². The lowest BCUT2D eigenvalue weighted by Gasteiger charge is -2.32. The fraction of sp³-hybridized carbons (Fsp3) is 0.444. The molecular formula is C27H32FN3O3. The number of carbonyl (C=O) groups excluding carboxylic acids is 3. The molecule has 180 valence electrons. The van der Waals surface area contributed by atoms with Crippen LogP contribution < -0.4 is 10.6 Å². The third-order valence-corrected chi connectivity index (χ3v) is 6.85. The molecule has 0 radical (unpaired) electrons. The number of carbonyl (C=O) groups is 3. The van der Waals surface area contributed by atoms with Crippen LogP contribution in [0.1, 0.15) is 65.7 Å². The molecule has 2 N–H and O–H groups in total. The summed E-state index contributed by atoms with van der Waals surface area (Å²) in [5, 5.41) is 5.78. The third-order valence-electron chi connectivity index (χ3n) is 6.85. The van der Waals surface area contributed by atoms with Gasteiger partial charge in [0.25, 0.3) is 11.8 Å². The van der Waals surface area contributed by atoms with E-state index in [1.54, 1.807) is 35.2 Å². The first-order valence-corrected chi connectivity index (χ1v) is 12.2. The van der Waals surface area contributed by atoms with Crippen LogP contribution >= 0.6 is 0 Å². The second-order valence-corrected chi connectivity index (χ2v) is 9.35. The average Bonchev–Trinajstić information content (AvgIpc) is 2.88. The highest BCUT2D eigenvalue weighted by Gasteiger charge is 2.29. The fourth-order valence-electron chi connectivity index (χ4n) is 4.91. The van der Waals surface area contributed by atoms with E-state index in [1.807, 2.05) is 0 Å². The molecule has 3 amide bonds. The van der Waals surface area contributed by atoms with Gasteiger partial charge in [-0.25, -0.2) is 4.39 Å². The smallest absolute Gasteiger partial charge is 0.258 e. The van der Waals surface area contributed by atoms with Gasteiger partial charge in [0.15, 0.2) is 0 Å². The van der Waals surface area contributed by atoms with Gasteiger partial charge in [0.2, 0.25) is 5.91 Å². The second-order valence-electron chi connectivity index (χ2n) is 9.35. The van der Waals surface area contributed by atoms with Crippen LogP contribution in [0.15, 0.2) is 48.5 Å². The molecule has 6 nitrogen and oxygen atoms in total. The van der Waals surface area contributed by atoms with Crippen molar-refractivity contribution in [2.45, 2.75) is 44.9 Å². The summed E-state index contributed by atoms with van der Waals surface area (Å²) in [7, 11) is 0. The molecule has 1 saturated heterocycles. The van der Waals surface area contributed by atoms with E-state index < -0.39 is 11.7 Å². The molecule has 2 fully saturated rings. The molecular weight excluding hydrogens is 433 g/mol. The number of hydrogen-bond donors (Lipinski definition) is 2. The Morgan fingerprint density at radius 2 is 1.74 bits per heavy atom. The minimum atomic E-state index is -0.603. The van der Waals surface area contributed by atoms with Gasteiger partial charge in [-0.2, -0.15) is 0 Å². The zero-order valence-corrected chi connectivity index (χ0v) is 19.4. The van der Waals surface area contributed by atoms with Crippen LogP contribution in [-0.4, -0.2) is 42.3 Å². The molecule has 1 saturated carbocycles. The predicted octanol–water partition coefficient (Wildman–Crippen LogP) is 4.63. The maximum atomic E-state index is 13.9. The normalized spacial score (nSPS) is 18.9. The zero-order chi connectivity index (χ0) is 23.9. The number of nitrogens with zero attached hydrogens (tertiary/aromatic N) is 1. The molecule has 0 bridgehead atoms. The van der Waals surface area contributed by atoms with E-state index in [1.165, 1.54) is 50.3 Å². The number of benzene rings is 2. The number of rotatable bonds is 6. The number of likely N-dealkylation sites (tertiary alicyclic amines) is 1. The summed E-state index contributed by atoms with van der Waals surface area (Å²) < 4.78 is 13.9. The van der Waals surface area contributed by atoms with Crippen LogP contribution in [0, 0.1) is 17.7 Å². The van der Waals surface area contributed by atoms with E-state index in [4.69, 9.17) is 0 Å². The van der Waals surface area contributed by atoms with Crippen molar-refractivity contribution in [2.75, 3.05) is 25.0 Å². The number of hydrogen-bond acceptors (Lipinski definition) is 3. The van der Waals surface area contributed by atoms with Gasteiger partial charge in [-0.05, 0) is 61.9 Å². The van der Waals surface area contributed by atoms with Crippen LogP contribution in [0.4, 0.5) is 10.1 Å². The first-order valence-electron chi connectivity index (χ1n) is 12.2. The maximum Gasteiger partial charge on any atom is 0.258 e. The lowest BCUT2D eigenvalue weighted by atomic mass is 9.89. The monoisotopic (exact) mass is 465 g/mol. The molecule has 2 aromatic carbocycles. The summed E-state index contributed by atoms with van der Waals surface area (Å²) in [6.45, 7) is 1.71. The largest absolute Gasteiger partial charge is 0.356 e. The summed E-state index contributed by atoms with van der Waals surface area (Å²) in [5.41, 5.74) is 0.782. The summed E-state index contributed by atoms with van der Waals surface area (Å²) in [6, 6.07) is 12.4. The number of nitrogens with one attached hydrogen (secondary N) is 2. The Morgan fingerprint density at radius 3 is 2.53 bits per heavy atom. The highest BCUT2D eigenvalue weighted by Crippen LogP contribution is 2.24. The van der Waals surface area contributed by atoms with Crippen molar-refractivity contribution in [3.63, 3.8) is 0 Å². The van der Waals surface area contributed by atoms with E-state index in [9.17, 15) is 18.8 Å². The molecule has 0 aromatic heterocycles. The Kier molecular flexibility index (Phi) is 7.93. The number of piperidine rings is 1. The van der Waals surface area contributed by atoms with Crippen molar-refractivity contribution in [3.8, 4) is 0 Å². The van der Waals surface area contributed by atoms with Crippen molar-refractivity contribution in [1.29, 1.82) is 0 Å². The second kappa shape index (κ2) is 11.3. The van der Waals surface area contributed by atoms with E-state index in [2.05, 4.69) is 10.6 Å². The van der Waals surface area contributed by atoms with Crippen molar-refractivity contribution in [3.05, 3.63) is 65.5 Å². The van der Waals surface area contributed by atoms with Crippen molar-refractivity contribution < 1.29 is 18.8 Å². The number of halogens is 1. The van der Waals surface area contributed by atoms with Gasteiger partial charge < -0.3 is 15.5 Å². The molecule has 1 heterocycles. The molecule has 2 aromatic rings. The van der Waals surface area contributed by atoms with Crippen LogP contribution in [-0.2, 0) is 4.79 Å². The highest BCUT2D eigenvalue weighted by atomic mass is 19.1. The Morgan fingerprint density at radius 1 is 0.941 bits per heavy atom. The molecule has 0 spiro atoms. The van der Waals surface area contributed by atoms with E-state index >= 15 is 0 Å². The Bertz CT molecular complexity index is 1040. The zero-order valence-electron chi connectivity index (χ0n) is 19.4. The molecule has 1 aliphatic heterocycles. The molecule has 1 aliphatic carbocycles. The van der Waals surface area contributed by atoms with Gasteiger partial charge >= 0.3 is 0 Å². The molecule has 2 aliphatic rings. The lowest BCUT2D eigenvalue weighted by molar-refractivity contribution is -0.126. The van der Waals surface area contributed by atoms with Crippen molar-refractivity contribution in [2.24, 2.45) is 11.8 Å². The average molecular weight is 466 g/mol. The van der Waals surface area contributed by atoms with Crippen LogP contribution in [0.5, 0.6) is 0 Å². The van der Waals surface area contributed by atoms with E-state index in [0.717, 1.165) is 19.4 Å². The number of amides is 3. The minimum absolute atomic E-state index is 0.0361. The van der Waals surface area contributed by atoms with Gasteiger partial charge in [0.05, 0.1) is 11.5 Å². The number of anilines is 1. The summed E-state index contributed by atoms with van der Waals surface area (Å²) in [6.07, 6.45) is 7.69. The summed E-state index contributed by atoms with van der Waals surface area (Å²) in [4.78, 5) is 40.0. The Balaban J connectivity index is 1.35. The van der Waals surface area contributed by atoms with Crippen LogP contribution in [0.25, 0.3) is 0 Å². The SMILES string of the molecule is O=C(Nc1cccc(C(=O)N2CCC[C@@H](C(=O)NCC3CCCCC3)C2)c1)c1ccccc1F. The van der Waals surface area contributed by atoms with E-state index in [0.29, 0.717) is 30.3 Å². The minimum Gasteiger partial charge on any atom is -0.356 e. The maximum absolute atomic E-state index is 13.9. The molecule has 7 heteroatoms. The Labute approximate surface area is 199 Å².